The summed E-state index contributed by atoms with van der Waals surface area (Å²) in [6.07, 6.45) is 0.856. The van der Waals surface area contributed by atoms with E-state index < -0.39 is 0 Å². The summed E-state index contributed by atoms with van der Waals surface area (Å²) in [5.41, 5.74) is 1.26. The lowest BCUT2D eigenvalue weighted by molar-refractivity contribution is 0.0964. The zero-order valence-corrected chi connectivity index (χ0v) is 13.2. The first kappa shape index (κ1) is 14.6. The van der Waals surface area contributed by atoms with Crippen molar-refractivity contribution in [2.75, 3.05) is 0 Å². The number of thiophene rings is 1. The van der Waals surface area contributed by atoms with Gasteiger partial charge < -0.3 is 0 Å². The minimum absolute atomic E-state index is 0.0947. The standard InChI is InChI=1S/C16H15N3O2S/c1-3-13-10(2)14-15(22-13)17-18-19(16(14)21)9-12(20)11-7-5-4-6-8-11/h4-8H,3,9H2,1-2H3. The minimum Gasteiger partial charge on any atom is -0.292 e. The fourth-order valence-electron chi connectivity index (χ4n) is 2.42. The highest BCUT2D eigenvalue weighted by atomic mass is 32.1. The molecule has 0 fully saturated rings. The zero-order chi connectivity index (χ0) is 15.7. The van der Waals surface area contributed by atoms with Gasteiger partial charge in [-0.1, -0.05) is 42.5 Å². The van der Waals surface area contributed by atoms with Crippen LogP contribution in [0.25, 0.3) is 10.2 Å². The summed E-state index contributed by atoms with van der Waals surface area (Å²) < 4.78 is 1.15. The number of hydrogen-bond donors (Lipinski definition) is 0. The van der Waals surface area contributed by atoms with Gasteiger partial charge in [0.25, 0.3) is 5.56 Å². The van der Waals surface area contributed by atoms with Gasteiger partial charge in [-0.2, -0.15) is 0 Å². The highest BCUT2D eigenvalue weighted by Gasteiger charge is 2.16. The molecule has 5 nitrogen and oxygen atoms in total. The van der Waals surface area contributed by atoms with Crippen molar-refractivity contribution in [2.24, 2.45) is 0 Å². The normalized spacial score (nSPS) is 11.0. The van der Waals surface area contributed by atoms with E-state index in [0.29, 0.717) is 15.8 Å². The summed E-state index contributed by atoms with van der Waals surface area (Å²) >= 11 is 1.49. The molecule has 0 spiro atoms. The average Bonchev–Trinajstić information content (AvgIpc) is 2.87. The molecule has 0 unspecified atom stereocenters. The van der Waals surface area contributed by atoms with Crippen molar-refractivity contribution in [2.45, 2.75) is 26.8 Å². The topological polar surface area (TPSA) is 64.8 Å². The van der Waals surface area contributed by atoms with Crippen LogP contribution in [-0.4, -0.2) is 20.8 Å². The molecule has 112 valence electrons. The smallest absolute Gasteiger partial charge is 0.279 e. The maximum absolute atomic E-state index is 12.6. The van der Waals surface area contributed by atoms with E-state index in [9.17, 15) is 9.59 Å². The second-order valence-electron chi connectivity index (χ2n) is 5.03. The number of nitrogens with zero attached hydrogens (tertiary/aromatic N) is 3. The second-order valence-corrected chi connectivity index (χ2v) is 6.11. The molecular weight excluding hydrogens is 298 g/mol. The molecule has 3 rings (SSSR count). The number of hydrogen-bond acceptors (Lipinski definition) is 5. The van der Waals surface area contributed by atoms with E-state index >= 15 is 0 Å². The molecule has 0 N–H and O–H groups in total. The van der Waals surface area contributed by atoms with Crippen LogP contribution in [0.15, 0.2) is 35.1 Å². The van der Waals surface area contributed by atoms with Gasteiger partial charge in [-0.05, 0) is 18.9 Å². The lowest BCUT2D eigenvalue weighted by Gasteiger charge is -2.03. The summed E-state index contributed by atoms with van der Waals surface area (Å²) in [5, 5.41) is 8.58. The molecule has 0 saturated heterocycles. The maximum Gasteiger partial charge on any atom is 0.279 e. The van der Waals surface area contributed by atoms with Gasteiger partial charge in [-0.3, -0.25) is 9.59 Å². The first-order valence-electron chi connectivity index (χ1n) is 7.05. The van der Waals surface area contributed by atoms with Crippen molar-refractivity contribution in [1.29, 1.82) is 0 Å². The number of carbonyl (C=O) groups excluding carboxylic acids is 1. The minimum atomic E-state index is -0.247. The van der Waals surface area contributed by atoms with Crippen LogP contribution in [0.5, 0.6) is 0 Å². The highest BCUT2D eigenvalue weighted by Crippen LogP contribution is 2.26. The van der Waals surface area contributed by atoms with Crippen LogP contribution in [0, 0.1) is 6.92 Å². The van der Waals surface area contributed by atoms with Crippen molar-refractivity contribution in [3.8, 4) is 0 Å². The molecule has 2 heterocycles. The predicted octanol–water partition coefficient (Wildman–Crippen LogP) is 2.61. The molecule has 1 aromatic carbocycles. The highest BCUT2D eigenvalue weighted by molar-refractivity contribution is 7.18. The first-order valence-corrected chi connectivity index (χ1v) is 7.87. The van der Waals surface area contributed by atoms with E-state index in [2.05, 4.69) is 10.3 Å². The maximum atomic E-state index is 12.6. The van der Waals surface area contributed by atoms with Gasteiger partial charge in [-0.25, -0.2) is 4.68 Å². The first-order chi connectivity index (χ1) is 10.6. The second kappa shape index (κ2) is 5.81. The largest absolute Gasteiger partial charge is 0.292 e. The van der Waals surface area contributed by atoms with E-state index in [1.165, 1.54) is 11.3 Å². The van der Waals surface area contributed by atoms with Crippen molar-refractivity contribution in [3.05, 3.63) is 56.7 Å². The Balaban J connectivity index is 2.02. The summed E-state index contributed by atoms with van der Waals surface area (Å²) in [5.74, 6) is -0.153. The Morgan fingerprint density at radius 3 is 2.68 bits per heavy atom. The molecule has 0 saturated carbocycles. The van der Waals surface area contributed by atoms with E-state index in [0.717, 1.165) is 21.5 Å². The summed E-state index contributed by atoms with van der Waals surface area (Å²) in [7, 11) is 0. The summed E-state index contributed by atoms with van der Waals surface area (Å²) in [6, 6.07) is 8.88. The molecule has 0 bridgehead atoms. The Kier molecular flexibility index (Phi) is 3.85. The van der Waals surface area contributed by atoms with Crippen molar-refractivity contribution in [3.63, 3.8) is 0 Å². The van der Waals surface area contributed by atoms with Crippen molar-refractivity contribution >= 4 is 27.3 Å². The fourth-order valence-corrected chi connectivity index (χ4v) is 3.48. The third kappa shape index (κ3) is 2.46. The quantitative estimate of drug-likeness (QED) is 0.695. The molecular formula is C16H15N3O2S. The Labute approximate surface area is 131 Å². The average molecular weight is 313 g/mol. The number of aromatic nitrogens is 3. The Morgan fingerprint density at radius 1 is 1.27 bits per heavy atom. The Morgan fingerprint density at radius 2 is 2.00 bits per heavy atom. The van der Waals surface area contributed by atoms with Crippen LogP contribution in [0.1, 0.15) is 27.7 Å². The van der Waals surface area contributed by atoms with E-state index in [-0.39, 0.29) is 17.9 Å². The fraction of sp³-hybridized carbons (Fsp3) is 0.250. The number of ketones is 1. The SMILES string of the molecule is CCc1sc2nnn(CC(=O)c3ccccc3)c(=O)c2c1C. The van der Waals surface area contributed by atoms with Crippen LogP contribution in [0.4, 0.5) is 0 Å². The third-order valence-electron chi connectivity index (χ3n) is 3.63. The lowest BCUT2D eigenvalue weighted by atomic mass is 10.1. The summed E-state index contributed by atoms with van der Waals surface area (Å²) in [6.45, 7) is 3.87. The Hall–Kier alpha value is -2.34. The molecule has 6 heteroatoms. The number of benzene rings is 1. The predicted molar refractivity (Wildman–Crippen MR) is 86.6 cm³/mol. The van der Waals surface area contributed by atoms with Gasteiger partial charge in [0.15, 0.2) is 10.6 Å². The third-order valence-corrected chi connectivity index (χ3v) is 4.95. The van der Waals surface area contributed by atoms with Crippen LogP contribution in [0.2, 0.25) is 0 Å². The molecule has 3 aromatic rings. The van der Waals surface area contributed by atoms with Crippen LogP contribution >= 0.6 is 11.3 Å². The number of Topliss-reactive ketones (excluding diaryl/α,β-unsaturated/α-hetero) is 1. The number of fused-ring (bicyclic) bond motifs is 1. The molecule has 0 radical (unpaired) electrons. The van der Waals surface area contributed by atoms with Crippen molar-refractivity contribution < 1.29 is 4.79 Å². The Bertz CT molecular complexity index is 897. The van der Waals surface area contributed by atoms with Crippen molar-refractivity contribution in [1.82, 2.24) is 15.0 Å². The monoisotopic (exact) mass is 313 g/mol. The number of carbonyl (C=O) groups is 1. The van der Waals surface area contributed by atoms with Gasteiger partial charge in [0.05, 0.1) is 5.39 Å². The lowest BCUT2D eigenvalue weighted by Crippen LogP contribution is -2.27. The van der Waals surface area contributed by atoms with Gasteiger partial charge >= 0.3 is 0 Å². The molecule has 0 atom stereocenters. The van der Waals surface area contributed by atoms with Gasteiger partial charge in [0.1, 0.15) is 6.54 Å². The molecule has 0 aliphatic carbocycles. The van der Waals surface area contributed by atoms with Gasteiger partial charge in [0, 0.05) is 10.4 Å². The number of aryl methyl sites for hydroxylation is 2. The molecule has 0 aliphatic rings. The molecule has 2 aromatic heterocycles. The van der Waals surface area contributed by atoms with Gasteiger partial charge in [0.2, 0.25) is 0 Å². The van der Waals surface area contributed by atoms with E-state index in [1.807, 2.05) is 19.9 Å². The molecule has 0 aliphatic heterocycles. The number of rotatable bonds is 4. The van der Waals surface area contributed by atoms with Gasteiger partial charge in [-0.15, -0.1) is 16.4 Å². The van der Waals surface area contributed by atoms with Crippen LogP contribution in [-0.2, 0) is 13.0 Å². The van der Waals surface area contributed by atoms with Crippen LogP contribution < -0.4 is 5.56 Å². The van der Waals surface area contributed by atoms with E-state index in [4.69, 9.17) is 0 Å². The zero-order valence-electron chi connectivity index (χ0n) is 12.4. The molecule has 0 amide bonds. The molecule has 22 heavy (non-hydrogen) atoms. The summed E-state index contributed by atoms with van der Waals surface area (Å²) in [4.78, 5) is 26.6. The van der Waals surface area contributed by atoms with E-state index in [1.54, 1.807) is 24.3 Å². The van der Waals surface area contributed by atoms with Crippen LogP contribution in [0.3, 0.4) is 0 Å².